The Morgan fingerprint density at radius 3 is 2.67 bits per heavy atom. The Morgan fingerprint density at radius 1 is 1.38 bits per heavy atom. The second-order valence-electron chi connectivity index (χ2n) is 5.33. The van der Waals surface area contributed by atoms with Crippen molar-refractivity contribution in [3.63, 3.8) is 0 Å². The molecule has 0 bridgehead atoms. The average molecular weight is 365 g/mol. The predicted molar refractivity (Wildman–Crippen MR) is 83.5 cm³/mol. The van der Waals surface area contributed by atoms with Gasteiger partial charge in [-0.05, 0) is 12.5 Å². The van der Waals surface area contributed by atoms with E-state index in [-0.39, 0.29) is 29.8 Å². The lowest BCUT2D eigenvalue weighted by Gasteiger charge is -2.17. The van der Waals surface area contributed by atoms with Gasteiger partial charge in [0.15, 0.2) is 15.8 Å². The smallest absolute Gasteiger partial charge is 0.405 e. The molecule has 0 spiro atoms. The van der Waals surface area contributed by atoms with Gasteiger partial charge in [0.05, 0.1) is 11.5 Å². The number of alkyl halides is 3. The van der Waals surface area contributed by atoms with Crippen molar-refractivity contribution >= 4 is 15.8 Å². The van der Waals surface area contributed by atoms with Crippen molar-refractivity contribution in [2.45, 2.75) is 25.4 Å². The third-order valence-electron chi connectivity index (χ3n) is 3.44. The molecular weight excluding hydrogens is 347 g/mol. The zero-order chi connectivity index (χ0) is 17.8. The first-order chi connectivity index (χ1) is 11.2. The molecule has 10 heteroatoms. The van der Waals surface area contributed by atoms with E-state index in [0.717, 1.165) is 0 Å². The van der Waals surface area contributed by atoms with E-state index in [9.17, 15) is 21.6 Å². The fraction of sp³-hybridized carbons (Fsp3) is 0.500. The molecule has 0 radical (unpaired) electrons. The molecule has 0 aromatic heterocycles. The van der Waals surface area contributed by atoms with Gasteiger partial charge in [0.2, 0.25) is 0 Å². The molecule has 2 rings (SSSR count). The van der Waals surface area contributed by atoms with Gasteiger partial charge in [-0.1, -0.05) is 18.2 Å². The van der Waals surface area contributed by atoms with Crippen LogP contribution in [0.25, 0.3) is 0 Å². The van der Waals surface area contributed by atoms with Crippen LogP contribution in [0.2, 0.25) is 0 Å². The second-order valence-corrected chi connectivity index (χ2v) is 7.55. The SMILES string of the molecule is CN=C(NCc1ccccc1OC(F)(F)F)NC1CCS(=O)(=O)C1. The molecule has 1 aromatic carbocycles. The van der Waals surface area contributed by atoms with Crippen molar-refractivity contribution in [3.05, 3.63) is 29.8 Å². The summed E-state index contributed by atoms with van der Waals surface area (Å²) in [7, 11) is -1.54. The number of halogens is 3. The predicted octanol–water partition coefficient (Wildman–Crippen LogP) is 1.44. The third kappa shape index (κ3) is 5.59. The Balaban J connectivity index is 1.97. The van der Waals surface area contributed by atoms with Crippen LogP contribution >= 0.6 is 0 Å². The lowest BCUT2D eigenvalue weighted by molar-refractivity contribution is -0.274. The average Bonchev–Trinajstić information content (AvgIpc) is 2.82. The molecule has 1 saturated heterocycles. The zero-order valence-corrected chi connectivity index (χ0v) is 13.7. The van der Waals surface area contributed by atoms with Gasteiger partial charge >= 0.3 is 6.36 Å². The first kappa shape index (κ1) is 18.4. The van der Waals surface area contributed by atoms with Gasteiger partial charge in [0, 0.05) is 25.2 Å². The summed E-state index contributed by atoms with van der Waals surface area (Å²) >= 11 is 0. The summed E-state index contributed by atoms with van der Waals surface area (Å²) in [6, 6.07) is 5.51. The van der Waals surface area contributed by atoms with Crippen LogP contribution in [0.1, 0.15) is 12.0 Å². The van der Waals surface area contributed by atoms with Gasteiger partial charge in [-0.25, -0.2) is 8.42 Å². The first-order valence-corrected chi connectivity index (χ1v) is 9.02. The van der Waals surface area contributed by atoms with Gasteiger partial charge in [0.25, 0.3) is 0 Å². The van der Waals surface area contributed by atoms with Crippen LogP contribution in [-0.4, -0.2) is 45.3 Å². The molecule has 24 heavy (non-hydrogen) atoms. The molecule has 1 unspecified atom stereocenters. The Bertz CT molecular complexity index is 705. The molecule has 0 aliphatic carbocycles. The van der Waals surface area contributed by atoms with E-state index < -0.39 is 16.2 Å². The van der Waals surface area contributed by atoms with E-state index in [1.165, 1.54) is 25.2 Å². The van der Waals surface area contributed by atoms with Crippen molar-refractivity contribution in [2.75, 3.05) is 18.6 Å². The van der Waals surface area contributed by atoms with Gasteiger partial charge in [-0.15, -0.1) is 13.2 Å². The number of hydrogen-bond acceptors (Lipinski definition) is 4. The highest BCUT2D eigenvalue weighted by Crippen LogP contribution is 2.26. The summed E-state index contributed by atoms with van der Waals surface area (Å²) in [6.45, 7) is 0.0470. The van der Waals surface area contributed by atoms with E-state index in [4.69, 9.17) is 0 Å². The summed E-state index contributed by atoms with van der Waals surface area (Å²) < 4.78 is 64.1. The number of benzene rings is 1. The first-order valence-electron chi connectivity index (χ1n) is 7.20. The lowest BCUT2D eigenvalue weighted by atomic mass is 10.2. The number of hydrogen-bond donors (Lipinski definition) is 2. The van der Waals surface area contributed by atoms with Crippen molar-refractivity contribution < 1.29 is 26.3 Å². The van der Waals surface area contributed by atoms with Crippen LogP contribution in [0.4, 0.5) is 13.2 Å². The quantitative estimate of drug-likeness (QED) is 0.623. The van der Waals surface area contributed by atoms with E-state index in [0.29, 0.717) is 17.9 Å². The van der Waals surface area contributed by atoms with Gasteiger partial charge < -0.3 is 15.4 Å². The van der Waals surface area contributed by atoms with Crippen LogP contribution in [-0.2, 0) is 16.4 Å². The molecule has 1 atom stereocenters. The Kier molecular flexibility index (Phi) is 5.58. The zero-order valence-electron chi connectivity index (χ0n) is 12.9. The molecule has 0 saturated carbocycles. The number of rotatable bonds is 4. The van der Waals surface area contributed by atoms with Crippen molar-refractivity contribution in [1.82, 2.24) is 10.6 Å². The number of nitrogens with one attached hydrogen (secondary N) is 2. The van der Waals surface area contributed by atoms with Gasteiger partial charge in [-0.3, -0.25) is 4.99 Å². The minimum Gasteiger partial charge on any atom is -0.405 e. The van der Waals surface area contributed by atoms with E-state index >= 15 is 0 Å². The number of ether oxygens (including phenoxy) is 1. The number of para-hydroxylation sites is 1. The minimum atomic E-state index is -4.77. The Morgan fingerprint density at radius 2 is 2.08 bits per heavy atom. The molecule has 1 heterocycles. The van der Waals surface area contributed by atoms with Crippen molar-refractivity contribution in [2.24, 2.45) is 4.99 Å². The second kappa shape index (κ2) is 7.29. The molecule has 1 aliphatic rings. The standard InChI is InChI=1S/C14H18F3N3O3S/c1-18-13(20-11-6-7-24(21,22)9-11)19-8-10-4-2-3-5-12(10)23-14(15,16)17/h2-5,11H,6-9H2,1H3,(H2,18,19,20). The van der Waals surface area contributed by atoms with E-state index in [2.05, 4.69) is 20.4 Å². The van der Waals surface area contributed by atoms with Crippen LogP contribution in [0.3, 0.4) is 0 Å². The number of guanidine groups is 1. The Hall–Kier alpha value is -1.97. The van der Waals surface area contributed by atoms with Crippen LogP contribution in [0.15, 0.2) is 29.3 Å². The molecule has 2 N–H and O–H groups in total. The number of aliphatic imine (C=N–C) groups is 1. The summed E-state index contributed by atoms with van der Waals surface area (Å²) in [5.41, 5.74) is 0.303. The maximum absolute atomic E-state index is 12.4. The molecule has 1 fully saturated rings. The maximum atomic E-state index is 12.4. The van der Waals surface area contributed by atoms with Crippen LogP contribution in [0.5, 0.6) is 5.75 Å². The lowest BCUT2D eigenvalue weighted by Crippen LogP contribution is -2.43. The highest BCUT2D eigenvalue weighted by molar-refractivity contribution is 7.91. The molecule has 0 amide bonds. The summed E-state index contributed by atoms with van der Waals surface area (Å²) in [4.78, 5) is 3.96. The minimum absolute atomic E-state index is 0.0153. The highest BCUT2D eigenvalue weighted by Gasteiger charge is 2.32. The molecule has 1 aliphatic heterocycles. The van der Waals surface area contributed by atoms with E-state index in [1.807, 2.05) is 0 Å². The molecular formula is C14H18F3N3O3S. The van der Waals surface area contributed by atoms with Gasteiger partial charge in [0.1, 0.15) is 5.75 Å². The summed E-state index contributed by atoms with van der Waals surface area (Å²) in [5, 5.41) is 5.82. The fourth-order valence-electron chi connectivity index (χ4n) is 2.35. The normalized spacial score (nSPS) is 20.7. The number of sulfone groups is 1. The fourth-order valence-corrected chi connectivity index (χ4v) is 4.02. The van der Waals surface area contributed by atoms with Crippen molar-refractivity contribution in [3.8, 4) is 5.75 Å². The maximum Gasteiger partial charge on any atom is 0.573 e. The molecule has 134 valence electrons. The van der Waals surface area contributed by atoms with Crippen molar-refractivity contribution in [1.29, 1.82) is 0 Å². The summed E-state index contributed by atoms with van der Waals surface area (Å²) in [6.07, 6.45) is -4.30. The topological polar surface area (TPSA) is 79.8 Å². The number of nitrogens with zero attached hydrogens (tertiary/aromatic N) is 1. The third-order valence-corrected chi connectivity index (χ3v) is 5.21. The van der Waals surface area contributed by atoms with E-state index in [1.54, 1.807) is 6.07 Å². The highest BCUT2D eigenvalue weighted by atomic mass is 32.2. The monoisotopic (exact) mass is 365 g/mol. The molecule has 6 nitrogen and oxygen atoms in total. The summed E-state index contributed by atoms with van der Waals surface area (Å²) in [5.74, 6) is 0.154. The Labute approximate surface area is 138 Å². The largest absolute Gasteiger partial charge is 0.573 e. The molecule has 1 aromatic rings. The van der Waals surface area contributed by atoms with Crippen LogP contribution < -0.4 is 15.4 Å². The van der Waals surface area contributed by atoms with Crippen LogP contribution in [0, 0.1) is 0 Å². The van der Waals surface area contributed by atoms with Gasteiger partial charge in [-0.2, -0.15) is 0 Å².